The minimum absolute atomic E-state index is 0.135. The number of ether oxygens (including phenoxy) is 2. The summed E-state index contributed by atoms with van der Waals surface area (Å²) < 4.78 is 18.6. The van der Waals surface area contributed by atoms with Gasteiger partial charge in [0, 0.05) is 29.3 Å². The predicted molar refractivity (Wildman–Crippen MR) is 149 cm³/mol. The van der Waals surface area contributed by atoms with Gasteiger partial charge in [-0.15, -0.1) is 0 Å². The Bertz CT molecular complexity index is 1870. The Morgan fingerprint density at radius 1 is 1.25 bits per heavy atom. The van der Waals surface area contributed by atoms with Crippen molar-refractivity contribution in [3.8, 4) is 17.1 Å². The molecule has 0 aliphatic carbocycles. The Morgan fingerprint density at radius 3 is 2.73 bits per heavy atom. The van der Waals surface area contributed by atoms with Gasteiger partial charge in [0.15, 0.2) is 4.80 Å². The van der Waals surface area contributed by atoms with E-state index in [2.05, 4.69) is 4.99 Å². The Morgan fingerprint density at radius 2 is 2.02 bits per heavy atom. The highest BCUT2D eigenvalue weighted by Crippen LogP contribution is 2.36. The molecule has 4 aromatic rings. The average molecular weight is 580 g/mol. The number of fused-ring (bicyclic) bond motifs is 1. The molecule has 3 heterocycles. The van der Waals surface area contributed by atoms with Gasteiger partial charge in [-0.25, -0.2) is 9.79 Å². The summed E-state index contributed by atoms with van der Waals surface area (Å²) in [6, 6.07) is 13.8. The third kappa shape index (κ3) is 4.85. The molecule has 0 amide bonds. The third-order valence-electron chi connectivity index (χ3n) is 6.28. The number of hydrogen-bond acceptors (Lipinski definition) is 9. The molecule has 0 spiro atoms. The number of carbonyl (C=O) groups excluding carboxylic acids is 1. The molecule has 12 heteroatoms. The van der Waals surface area contributed by atoms with Crippen molar-refractivity contribution >= 4 is 40.7 Å². The molecule has 0 bridgehead atoms. The van der Waals surface area contributed by atoms with E-state index in [-0.39, 0.29) is 28.4 Å². The normalized spacial score (nSPS) is 15.0. The lowest BCUT2D eigenvalue weighted by Crippen LogP contribution is -2.40. The van der Waals surface area contributed by atoms with Crippen LogP contribution in [0.5, 0.6) is 5.75 Å². The van der Waals surface area contributed by atoms with E-state index in [4.69, 9.17) is 25.5 Å². The maximum atomic E-state index is 13.8. The highest BCUT2D eigenvalue weighted by molar-refractivity contribution is 7.07. The number of carbonyl (C=O) groups is 1. The van der Waals surface area contributed by atoms with E-state index in [0.717, 1.165) is 11.3 Å². The van der Waals surface area contributed by atoms with E-state index in [1.54, 1.807) is 56.3 Å². The minimum Gasteiger partial charge on any atom is -0.496 e. The molecule has 2 aromatic heterocycles. The fourth-order valence-electron chi connectivity index (χ4n) is 4.50. The predicted octanol–water partition coefficient (Wildman–Crippen LogP) is 4.63. The fourth-order valence-corrected chi connectivity index (χ4v) is 5.79. The van der Waals surface area contributed by atoms with Gasteiger partial charge in [0.25, 0.3) is 11.2 Å². The fraction of sp³-hybridized carbons (Fsp3) is 0.179. The van der Waals surface area contributed by atoms with Gasteiger partial charge in [-0.1, -0.05) is 41.1 Å². The lowest BCUT2D eigenvalue weighted by molar-refractivity contribution is -0.384. The van der Waals surface area contributed by atoms with Crippen LogP contribution in [0.1, 0.15) is 31.2 Å². The van der Waals surface area contributed by atoms with Crippen LogP contribution in [0.25, 0.3) is 17.4 Å². The van der Waals surface area contributed by atoms with Crippen molar-refractivity contribution in [2.75, 3.05) is 13.7 Å². The molecule has 40 heavy (non-hydrogen) atoms. The van der Waals surface area contributed by atoms with Crippen molar-refractivity contribution in [3.05, 3.63) is 112 Å². The molecule has 0 saturated carbocycles. The van der Waals surface area contributed by atoms with Crippen molar-refractivity contribution < 1.29 is 23.6 Å². The average Bonchev–Trinajstić information content (AvgIpc) is 3.51. The zero-order chi connectivity index (χ0) is 28.6. The number of furan rings is 1. The summed E-state index contributed by atoms with van der Waals surface area (Å²) >= 11 is 7.41. The van der Waals surface area contributed by atoms with Gasteiger partial charge in [-0.3, -0.25) is 19.5 Å². The van der Waals surface area contributed by atoms with Crippen molar-refractivity contribution in [1.29, 1.82) is 0 Å². The molecule has 1 unspecified atom stereocenters. The summed E-state index contributed by atoms with van der Waals surface area (Å²) in [5.41, 5.74) is 1.26. The van der Waals surface area contributed by atoms with Crippen LogP contribution in [-0.4, -0.2) is 29.2 Å². The van der Waals surface area contributed by atoms with Crippen LogP contribution in [0.2, 0.25) is 5.02 Å². The first-order valence-corrected chi connectivity index (χ1v) is 13.3. The van der Waals surface area contributed by atoms with Gasteiger partial charge < -0.3 is 13.9 Å². The van der Waals surface area contributed by atoms with Crippen molar-refractivity contribution in [2.24, 2.45) is 4.99 Å². The van der Waals surface area contributed by atoms with Crippen LogP contribution in [0, 0.1) is 10.1 Å². The van der Waals surface area contributed by atoms with Gasteiger partial charge >= 0.3 is 5.97 Å². The number of non-ortho nitro benzene ring substituents is 1. The molecule has 1 aliphatic heterocycles. The van der Waals surface area contributed by atoms with E-state index in [9.17, 15) is 19.7 Å². The Labute approximate surface area is 236 Å². The minimum atomic E-state index is -0.820. The lowest BCUT2D eigenvalue weighted by Gasteiger charge is -2.25. The summed E-state index contributed by atoms with van der Waals surface area (Å²) in [4.78, 5) is 42.3. The monoisotopic (exact) mass is 579 g/mol. The number of aromatic nitrogens is 1. The maximum Gasteiger partial charge on any atom is 0.338 e. The molecule has 0 radical (unpaired) electrons. The summed E-state index contributed by atoms with van der Waals surface area (Å²) in [5, 5.41) is 11.2. The van der Waals surface area contributed by atoms with Crippen molar-refractivity contribution in [2.45, 2.75) is 19.9 Å². The largest absolute Gasteiger partial charge is 0.496 e. The molecule has 5 rings (SSSR count). The van der Waals surface area contributed by atoms with Crippen LogP contribution >= 0.6 is 22.9 Å². The first kappa shape index (κ1) is 27.1. The first-order valence-electron chi connectivity index (χ1n) is 12.1. The second kappa shape index (κ2) is 10.9. The smallest absolute Gasteiger partial charge is 0.338 e. The number of nitro groups is 1. The molecule has 10 nitrogen and oxygen atoms in total. The Hall–Kier alpha value is -4.48. The van der Waals surface area contributed by atoms with Crippen molar-refractivity contribution in [1.82, 2.24) is 4.57 Å². The SMILES string of the molecule is CCOC(=O)C1=C(C)N=c2sc(=Cc3ccc(-c4ccc([N+](=O)[O-])cc4Cl)o3)c(=O)n2C1c1ccccc1OC. The number of allylic oxidation sites excluding steroid dienone is 1. The van der Waals surface area contributed by atoms with Gasteiger partial charge in [-0.2, -0.15) is 0 Å². The van der Waals surface area contributed by atoms with Crippen LogP contribution in [-0.2, 0) is 9.53 Å². The Balaban J connectivity index is 1.63. The van der Waals surface area contributed by atoms with Crippen molar-refractivity contribution in [3.63, 3.8) is 0 Å². The molecule has 2 aromatic carbocycles. The number of methoxy groups -OCH3 is 1. The van der Waals surface area contributed by atoms with E-state index in [1.807, 2.05) is 0 Å². The molecule has 204 valence electrons. The van der Waals surface area contributed by atoms with Crippen LogP contribution in [0.3, 0.4) is 0 Å². The van der Waals surface area contributed by atoms with Crippen LogP contribution in [0.4, 0.5) is 5.69 Å². The molecule has 0 fully saturated rings. The standard InChI is InChI=1S/C28H22ClN3O7S/c1-4-38-27(34)24-15(2)30-28-31(25(24)19-7-5-6-8-21(19)37-3)26(33)23(40-28)14-17-10-12-22(39-17)18-11-9-16(32(35)36)13-20(18)29/h5-14,25H,4H2,1-3H3. The summed E-state index contributed by atoms with van der Waals surface area (Å²) in [6.45, 7) is 3.58. The number of hydrogen-bond donors (Lipinski definition) is 0. The zero-order valence-corrected chi connectivity index (χ0v) is 23.1. The second-order valence-corrected chi connectivity index (χ2v) is 10.1. The topological polar surface area (TPSA) is 126 Å². The number of esters is 1. The highest BCUT2D eigenvalue weighted by atomic mass is 35.5. The lowest BCUT2D eigenvalue weighted by atomic mass is 9.95. The third-order valence-corrected chi connectivity index (χ3v) is 7.58. The van der Waals surface area contributed by atoms with E-state index in [0.29, 0.717) is 43.4 Å². The molecule has 1 aliphatic rings. The quantitative estimate of drug-likeness (QED) is 0.177. The molecular weight excluding hydrogens is 558 g/mol. The number of rotatable bonds is 7. The highest BCUT2D eigenvalue weighted by Gasteiger charge is 2.35. The van der Waals surface area contributed by atoms with E-state index >= 15 is 0 Å². The number of nitrogens with zero attached hydrogens (tertiary/aromatic N) is 3. The van der Waals surface area contributed by atoms with E-state index < -0.39 is 16.9 Å². The first-order chi connectivity index (χ1) is 19.2. The molecular formula is C28H22ClN3O7S. The van der Waals surface area contributed by atoms with E-state index in [1.165, 1.54) is 29.9 Å². The number of thiazole rings is 1. The second-order valence-electron chi connectivity index (χ2n) is 8.67. The van der Waals surface area contributed by atoms with Gasteiger partial charge in [-0.05, 0) is 38.1 Å². The summed E-state index contributed by atoms with van der Waals surface area (Å²) in [5.74, 6) is 0.690. The van der Waals surface area contributed by atoms with Gasteiger partial charge in [0.2, 0.25) is 0 Å². The molecule has 0 saturated heterocycles. The van der Waals surface area contributed by atoms with Gasteiger partial charge in [0.1, 0.15) is 23.3 Å². The van der Waals surface area contributed by atoms with Crippen LogP contribution < -0.4 is 19.6 Å². The van der Waals surface area contributed by atoms with Gasteiger partial charge in [0.05, 0.1) is 39.5 Å². The number of benzene rings is 2. The van der Waals surface area contributed by atoms with Crippen LogP contribution in [0.15, 0.2) is 80.1 Å². The molecule has 1 atom stereocenters. The Kier molecular flexibility index (Phi) is 7.42. The number of para-hydroxylation sites is 1. The number of halogens is 1. The number of nitro benzene ring substituents is 1. The maximum absolute atomic E-state index is 13.8. The zero-order valence-electron chi connectivity index (χ0n) is 21.5. The molecule has 0 N–H and O–H groups in total. The summed E-state index contributed by atoms with van der Waals surface area (Å²) in [6.07, 6.45) is 1.58. The summed E-state index contributed by atoms with van der Waals surface area (Å²) in [7, 11) is 1.52.